The Morgan fingerprint density at radius 3 is 2.81 bits per heavy atom. The first kappa shape index (κ1) is 16.1. The van der Waals surface area contributed by atoms with Crippen molar-refractivity contribution >= 4 is 0 Å². The molecule has 21 heavy (non-hydrogen) atoms. The molecule has 1 heterocycles. The van der Waals surface area contributed by atoms with Gasteiger partial charge in [-0.1, -0.05) is 12.1 Å². The fourth-order valence-electron chi connectivity index (χ4n) is 2.55. The van der Waals surface area contributed by atoms with E-state index in [4.69, 9.17) is 9.47 Å². The highest BCUT2D eigenvalue weighted by Crippen LogP contribution is 2.31. The number of hydrogen-bond acceptors (Lipinski definition) is 5. The van der Waals surface area contributed by atoms with Crippen LogP contribution in [0.3, 0.4) is 0 Å². The number of rotatable bonds is 7. The van der Waals surface area contributed by atoms with Gasteiger partial charge in [0.05, 0.1) is 19.3 Å². The standard InChI is InChI=1S/C16H26N2O3/c1-11(2)21-16-12(5-4-6-15(16)20-3)7-17-8-13-9-18-10-14(13)19/h4-6,11,13-14,17-19H,7-10H2,1-3H3. The van der Waals surface area contributed by atoms with Crippen LogP contribution < -0.4 is 20.1 Å². The molecule has 3 N–H and O–H groups in total. The number of benzene rings is 1. The van der Waals surface area contributed by atoms with Gasteiger partial charge in [0.1, 0.15) is 0 Å². The second-order valence-corrected chi connectivity index (χ2v) is 5.73. The smallest absolute Gasteiger partial charge is 0.166 e. The molecule has 5 heteroatoms. The highest BCUT2D eigenvalue weighted by Gasteiger charge is 2.24. The molecule has 118 valence electrons. The van der Waals surface area contributed by atoms with Crippen LogP contribution >= 0.6 is 0 Å². The van der Waals surface area contributed by atoms with Gasteiger partial charge in [-0.15, -0.1) is 0 Å². The molecule has 1 aliphatic heterocycles. The Morgan fingerprint density at radius 1 is 1.38 bits per heavy atom. The van der Waals surface area contributed by atoms with Crippen LogP contribution in [0.2, 0.25) is 0 Å². The predicted octanol–water partition coefficient (Wildman–Crippen LogP) is 1.15. The van der Waals surface area contributed by atoms with Crippen LogP contribution in [0.4, 0.5) is 0 Å². The number of aliphatic hydroxyl groups excluding tert-OH is 1. The van der Waals surface area contributed by atoms with Crippen LogP contribution in [0, 0.1) is 5.92 Å². The maximum absolute atomic E-state index is 9.79. The van der Waals surface area contributed by atoms with Gasteiger partial charge in [-0.3, -0.25) is 0 Å². The number of aliphatic hydroxyl groups is 1. The van der Waals surface area contributed by atoms with Crippen molar-refractivity contribution in [2.75, 3.05) is 26.7 Å². The van der Waals surface area contributed by atoms with Crippen molar-refractivity contribution < 1.29 is 14.6 Å². The van der Waals surface area contributed by atoms with Crippen molar-refractivity contribution in [2.24, 2.45) is 5.92 Å². The molecule has 2 atom stereocenters. The Labute approximate surface area is 126 Å². The Bertz CT molecular complexity index is 451. The number of hydrogen-bond donors (Lipinski definition) is 3. The molecule has 1 aromatic rings. The maximum Gasteiger partial charge on any atom is 0.166 e. The Morgan fingerprint density at radius 2 is 2.19 bits per heavy atom. The lowest BCUT2D eigenvalue weighted by Crippen LogP contribution is -2.30. The summed E-state index contributed by atoms with van der Waals surface area (Å²) in [6.07, 6.45) is -0.157. The van der Waals surface area contributed by atoms with Crippen LogP contribution in [-0.2, 0) is 6.54 Å². The quantitative estimate of drug-likeness (QED) is 0.704. The number of methoxy groups -OCH3 is 1. The van der Waals surface area contributed by atoms with Gasteiger partial charge < -0.3 is 25.2 Å². The summed E-state index contributed by atoms with van der Waals surface area (Å²) < 4.78 is 11.3. The van der Waals surface area contributed by atoms with Crippen molar-refractivity contribution in [2.45, 2.75) is 32.6 Å². The van der Waals surface area contributed by atoms with Crippen LogP contribution in [0.1, 0.15) is 19.4 Å². The monoisotopic (exact) mass is 294 g/mol. The average Bonchev–Trinajstić information content (AvgIpc) is 2.85. The summed E-state index contributed by atoms with van der Waals surface area (Å²) in [7, 11) is 1.65. The van der Waals surface area contributed by atoms with Crippen LogP contribution in [0.25, 0.3) is 0 Å². The zero-order chi connectivity index (χ0) is 15.2. The van der Waals surface area contributed by atoms with Crippen molar-refractivity contribution in [3.63, 3.8) is 0 Å². The zero-order valence-corrected chi connectivity index (χ0v) is 13.1. The molecule has 5 nitrogen and oxygen atoms in total. The minimum absolute atomic E-state index is 0.0981. The maximum atomic E-state index is 9.79. The van der Waals surface area contributed by atoms with E-state index in [2.05, 4.69) is 10.6 Å². The van der Waals surface area contributed by atoms with Crippen molar-refractivity contribution in [1.82, 2.24) is 10.6 Å². The molecular weight excluding hydrogens is 268 g/mol. The van der Waals surface area contributed by atoms with E-state index < -0.39 is 0 Å². The van der Waals surface area contributed by atoms with E-state index >= 15 is 0 Å². The molecule has 2 unspecified atom stereocenters. The van der Waals surface area contributed by atoms with Gasteiger partial charge >= 0.3 is 0 Å². The lowest BCUT2D eigenvalue weighted by atomic mass is 10.1. The first-order valence-corrected chi connectivity index (χ1v) is 7.53. The predicted molar refractivity (Wildman–Crippen MR) is 82.8 cm³/mol. The largest absolute Gasteiger partial charge is 0.493 e. The molecule has 2 rings (SSSR count). The van der Waals surface area contributed by atoms with Gasteiger partial charge in [-0.25, -0.2) is 0 Å². The van der Waals surface area contributed by atoms with Gasteiger partial charge in [-0.2, -0.15) is 0 Å². The molecule has 1 fully saturated rings. The molecule has 0 aromatic heterocycles. The number of para-hydroxylation sites is 1. The number of β-amino-alcohol motifs (C(OH)–C–C–N with tert-alkyl or cyclic N) is 1. The highest BCUT2D eigenvalue weighted by molar-refractivity contribution is 5.46. The second-order valence-electron chi connectivity index (χ2n) is 5.73. The third kappa shape index (κ3) is 4.33. The molecule has 1 aromatic carbocycles. The molecule has 0 aliphatic carbocycles. The Hall–Kier alpha value is -1.30. The van der Waals surface area contributed by atoms with Gasteiger partial charge in [0.2, 0.25) is 0 Å². The van der Waals surface area contributed by atoms with E-state index in [0.717, 1.165) is 30.2 Å². The van der Waals surface area contributed by atoms with Crippen molar-refractivity contribution in [3.05, 3.63) is 23.8 Å². The van der Waals surface area contributed by atoms with E-state index in [0.29, 0.717) is 13.1 Å². The molecule has 0 bridgehead atoms. The van der Waals surface area contributed by atoms with Crippen molar-refractivity contribution in [1.29, 1.82) is 0 Å². The molecule has 0 spiro atoms. The van der Waals surface area contributed by atoms with E-state index in [1.54, 1.807) is 7.11 Å². The molecular formula is C16H26N2O3. The zero-order valence-electron chi connectivity index (χ0n) is 13.1. The summed E-state index contributed by atoms with van der Waals surface area (Å²) in [6, 6.07) is 5.91. The summed E-state index contributed by atoms with van der Waals surface area (Å²) in [6.45, 7) is 7.04. The summed E-state index contributed by atoms with van der Waals surface area (Å²) in [5, 5.41) is 16.4. The van der Waals surface area contributed by atoms with E-state index in [1.165, 1.54) is 0 Å². The van der Waals surface area contributed by atoms with Gasteiger partial charge in [0.25, 0.3) is 0 Å². The number of nitrogens with one attached hydrogen (secondary N) is 2. The fraction of sp³-hybridized carbons (Fsp3) is 0.625. The number of ether oxygens (including phenoxy) is 2. The SMILES string of the molecule is COc1cccc(CNCC2CNCC2O)c1OC(C)C. The fourth-order valence-corrected chi connectivity index (χ4v) is 2.55. The first-order chi connectivity index (χ1) is 10.1. The van der Waals surface area contributed by atoms with Gasteiger partial charge in [-0.05, 0) is 19.9 Å². The molecule has 0 saturated carbocycles. The van der Waals surface area contributed by atoms with Gasteiger partial charge in [0.15, 0.2) is 11.5 Å². The molecule has 0 radical (unpaired) electrons. The lowest BCUT2D eigenvalue weighted by molar-refractivity contribution is 0.146. The van der Waals surface area contributed by atoms with E-state index in [-0.39, 0.29) is 18.1 Å². The molecule has 0 amide bonds. The summed E-state index contributed by atoms with van der Waals surface area (Å²) in [5.41, 5.74) is 1.07. The van der Waals surface area contributed by atoms with Crippen LogP contribution in [-0.4, -0.2) is 44.1 Å². The first-order valence-electron chi connectivity index (χ1n) is 7.53. The van der Waals surface area contributed by atoms with Crippen LogP contribution in [0.5, 0.6) is 11.5 Å². The second kappa shape index (κ2) is 7.64. The highest BCUT2D eigenvalue weighted by atomic mass is 16.5. The Balaban J connectivity index is 1.98. The molecule has 1 saturated heterocycles. The molecule has 1 aliphatic rings. The topological polar surface area (TPSA) is 62.8 Å². The normalized spacial score (nSPS) is 21.8. The van der Waals surface area contributed by atoms with E-state index in [1.807, 2.05) is 32.0 Å². The third-order valence-corrected chi connectivity index (χ3v) is 3.66. The van der Waals surface area contributed by atoms with Gasteiger partial charge in [0, 0.05) is 37.7 Å². The van der Waals surface area contributed by atoms with Crippen LogP contribution in [0.15, 0.2) is 18.2 Å². The van der Waals surface area contributed by atoms with Crippen molar-refractivity contribution in [3.8, 4) is 11.5 Å². The van der Waals surface area contributed by atoms with E-state index in [9.17, 15) is 5.11 Å². The summed E-state index contributed by atoms with van der Waals surface area (Å²) >= 11 is 0. The third-order valence-electron chi connectivity index (χ3n) is 3.66. The summed E-state index contributed by atoms with van der Waals surface area (Å²) in [5.74, 6) is 1.82. The lowest BCUT2D eigenvalue weighted by Gasteiger charge is -2.19. The summed E-state index contributed by atoms with van der Waals surface area (Å²) in [4.78, 5) is 0. The average molecular weight is 294 g/mol. The minimum atomic E-state index is -0.255. The Kier molecular flexibility index (Phi) is 5.85. The minimum Gasteiger partial charge on any atom is -0.493 e.